The Bertz CT molecular complexity index is 93.8. The summed E-state index contributed by atoms with van der Waals surface area (Å²) in [4.78, 5) is 0. The van der Waals surface area contributed by atoms with Crippen LogP contribution in [0, 0.1) is 23.6 Å². The fourth-order valence-electron chi connectivity index (χ4n) is 0.180. The average Bonchev–Trinajstić information content (AvgIpc) is 1.69. The molecule has 0 spiro atoms. The van der Waals surface area contributed by atoms with E-state index in [1.54, 1.807) is 5.23 Å². The van der Waals surface area contributed by atoms with Gasteiger partial charge in [-0.2, -0.15) is 0 Å². The highest BCUT2D eigenvalue weighted by molar-refractivity contribution is 6.34. The van der Waals surface area contributed by atoms with Crippen LogP contribution in [0.4, 0.5) is 0 Å². The van der Waals surface area contributed by atoms with Crippen molar-refractivity contribution in [3.8, 4) is 18.3 Å². The van der Waals surface area contributed by atoms with Crippen molar-refractivity contribution in [2.75, 3.05) is 6.54 Å². The number of hydrogen-bond acceptors (Lipinski definition) is 1. The van der Waals surface area contributed by atoms with Crippen molar-refractivity contribution in [1.29, 1.82) is 5.26 Å². The monoisotopic (exact) mass is 92.1 g/mol. The van der Waals surface area contributed by atoms with Gasteiger partial charge in [-0.1, -0.05) is 5.92 Å². The van der Waals surface area contributed by atoms with Gasteiger partial charge in [-0.3, -0.25) is 0 Å². The van der Waals surface area contributed by atoms with Gasteiger partial charge in [0.2, 0.25) is 0 Å². The Kier molecular flexibility index (Phi) is 4.40. The molecule has 0 bridgehead atoms. The molecule has 0 aromatic carbocycles. The molecule has 0 aromatic heterocycles. The smallest absolute Gasteiger partial charge is 0.124 e. The first-order valence-corrected chi connectivity index (χ1v) is 1.90. The zero-order valence-electron chi connectivity index (χ0n) is 3.89. The molecule has 34 valence electrons. The third kappa shape index (κ3) is 5.07. The van der Waals surface area contributed by atoms with E-state index in [2.05, 4.69) is 5.92 Å². The number of nitriles is 1. The quantitative estimate of drug-likeness (QED) is 0.245. The third-order valence-electron chi connectivity index (χ3n) is 0.428. The number of nitrogens with two attached hydrogens (primary N) is 1. The van der Waals surface area contributed by atoms with Crippen molar-refractivity contribution in [1.82, 2.24) is 0 Å². The maximum Gasteiger partial charge on any atom is 0.124 e. The molecule has 0 aliphatic carbocycles. The second-order valence-corrected chi connectivity index (χ2v) is 0.940. The standard InChI is InChI=1S/C4H5BN2/c1-2-3-7-5-4-6/h1H,3,7H2. The normalized spacial score (nSPS) is 6.57. The van der Waals surface area contributed by atoms with E-state index >= 15 is 0 Å². The zero-order chi connectivity index (χ0) is 5.54. The molecule has 0 aliphatic rings. The summed E-state index contributed by atoms with van der Waals surface area (Å²) in [5.74, 6) is 4.19. The molecule has 7 heavy (non-hydrogen) atoms. The number of rotatable bonds is 2. The van der Waals surface area contributed by atoms with E-state index < -0.39 is 0 Å². The van der Waals surface area contributed by atoms with Gasteiger partial charge in [0.1, 0.15) is 7.41 Å². The predicted molar refractivity (Wildman–Crippen MR) is 27.0 cm³/mol. The molecule has 0 aromatic rings. The largest absolute Gasteiger partial charge is 0.559 e. The Balaban J connectivity index is 2.77. The van der Waals surface area contributed by atoms with Gasteiger partial charge in [0.15, 0.2) is 0 Å². The van der Waals surface area contributed by atoms with Crippen LogP contribution in [0.1, 0.15) is 0 Å². The SMILES string of the molecule is C#CC[NH2+][B-]C#N. The number of terminal acetylenes is 1. The van der Waals surface area contributed by atoms with Crippen molar-refractivity contribution < 1.29 is 5.23 Å². The fraction of sp³-hybridized carbons (Fsp3) is 0.250. The van der Waals surface area contributed by atoms with E-state index in [-0.39, 0.29) is 0 Å². The molecule has 0 fully saturated rings. The van der Waals surface area contributed by atoms with Gasteiger partial charge in [0.05, 0.1) is 6.54 Å². The van der Waals surface area contributed by atoms with Gasteiger partial charge >= 0.3 is 0 Å². The number of quaternary nitrogens is 1. The lowest BCUT2D eigenvalue weighted by molar-refractivity contribution is -0.497. The van der Waals surface area contributed by atoms with E-state index in [9.17, 15) is 0 Å². The highest BCUT2D eigenvalue weighted by atomic mass is 14.7. The molecule has 0 aliphatic heterocycles. The molecule has 2 N–H and O–H groups in total. The molecule has 0 saturated carbocycles. The van der Waals surface area contributed by atoms with Gasteiger partial charge in [-0.15, -0.1) is 12.4 Å². The molecule has 0 amide bonds. The van der Waals surface area contributed by atoms with E-state index in [4.69, 9.17) is 11.7 Å². The van der Waals surface area contributed by atoms with Crippen molar-refractivity contribution in [3.05, 3.63) is 0 Å². The summed E-state index contributed by atoms with van der Waals surface area (Å²) in [7, 11) is 1.37. The van der Waals surface area contributed by atoms with Crippen LogP contribution in [-0.4, -0.2) is 14.0 Å². The lowest BCUT2D eigenvalue weighted by atomic mass is 10.00. The summed E-state index contributed by atoms with van der Waals surface area (Å²) in [5.41, 5.74) is 0. The van der Waals surface area contributed by atoms with E-state index in [0.717, 1.165) is 0 Å². The summed E-state index contributed by atoms with van der Waals surface area (Å²) in [5, 5.41) is 9.53. The summed E-state index contributed by atoms with van der Waals surface area (Å²) in [6.45, 7) is 0.549. The Morgan fingerprint density at radius 3 is 3.00 bits per heavy atom. The predicted octanol–water partition coefficient (Wildman–Crippen LogP) is -1.72. The van der Waals surface area contributed by atoms with Crippen LogP contribution in [-0.2, 0) is 0 Å². The van der Waals surface area contributed by atoms with E-state index in [1.807, 2.05) is 5.97 Å². The number of nitrogens with zero attached hydrogens (tertiary/aromatic N) is 1. The average molecular weight is 91.9 g/mol. The van der Waals surface area contributed by atoms with Crippen LogP contribution in [0.25, 0.3) is 0 Å². The fourth-order valence-corrected chi connectivity index (χ4v) is 0.180. The zero-order valence-corrected chi connectivity index (χ0v) is 3.89. The molecule has 0 unspecified atom stereocenters. The summed E-state index contributed by atoms with van der Waals surface area (Å²) < 4.78 is 0. The Morgan fingerprint density at radius 1 is 1.86 bits per heavy atom. The van der Waals surface area contributed by atoms with Crippen molar-refractivity contribution in [2.45, 2.75) is 0 Å². The van der Waals surface area contributed by atoms with Gasteiger partial charge in [0, 0.05) is 0 Å². The Hall–Kier alpha value is -0.925. The van der Waals surface area contributed by atoms with Crippen molar-refractivity contribution >= 4 is 7.41 Å². The minimum atomic E-state index is 0.549. The maximum absolute atomic E-state index is 7.89. The molecule has 0 rings (SSSR count). The first-order chi connectivity index (χ1) is 3.41. The molecule has 0 heterocycles. The van der Waals surface area contributed by atoms with Gasteiger partial charge in [-0.25, -0.2) is 5.26 Å². The lowest BCUT2D eigenvalue weighted by Gasteiger charge is -1.94. The molecule has 3 heteroatoms. The summed E-state index contributed by atoms with van der Waals surface area (Å²) in [6.07, 6.45) is 4.86. The Morgan fingerprint density at radius 2 is 2.57 bits per heavy atom. The maximum atomic E-state index is 7.89. The molecule has 2 radical (unpaired) electrons. The van der Waals surface area contributed by atoms with Crippen LogP contribution in [0.5, 0.6) is 0 Å². The molecular formula is C4H5BN2. The lowest BCUT2D eigenvalue weighted by Crippen LogP contribution is -2.86. The van der Waals surface area contributed by atoms with Crippen LogP contribution in [0.3, 0.4) is 0 Å². The molecule has 2 nitrogen and oxygen atoms in total. The second-order valence-electron chi connectivity index (χ2n) is 0.940. The number of hydrogen-bond donors (Lipinski definition) is 1. The van der Waals surface area contributed by atoms with Crippen molar-refractivity contribution in [3.63, 3.8) is 0 Å². The molecular weight excluding hydrogens is 86.9 g/mol. The topological polar surface area (TPSA) is 40.4 Å². The van der Waals surface area contributed by atoms with Gasteiger partial charge in [0.25, 0.3) is 0 Å². The van der Waals surface area contributed by atoms with Crippen LogP contribution < -0.4 is 5.23 Å². The van der Waals surface area contributed by atoms with Gasteiger partial charge < -0.3 is 5.23 Å². The van der Waals surface area contributed by atoms with E-state index in [0.29, 0.717) is 6.54 Å². The van der Waals surface area contributed by atoms with Crippen LogP contribution in [0.2, 0.25) is 0 Å². The molecule has 0 saturated heterocycles. The highest BCUT2D eigenvalue weighted by Crippen LogP contribution is 1.30. The summed E-state index contributed by atoms with van der Waals surface area (Å²) in [6, 6.07) is 0. The minimum absolute atomic E-state index is 0.549. The highest BCUT2D eigenvalue weighted by Gasteiger charge is 1.65. The van der Waals surface area contributed by atoms with Gasteiger partial charge in [-0.05, 0) is 0 Å². The third-order valence-corrected chi connectivity index (χ3v) is 0.428. The van der Waals surface area contributed by atoms with Crippen molar-refractivity contribution in [2.24, 2.45) is 0 Å². The first kappa shape index (κ1) is 6.07. The Labute approximate surface area is 43.8 Å². The van der Waals surface area contributed by atoms with E-state index in [1.165, 1.54) is 7.41 Å². The minimum Gasteiger partial charge on any atom is -0.559 e. The molecule has 0 atom stereocenters. The van der Waals surface area contributed by atoms with Crippen LogP contribution in [0.15, 0.2) is 0 Å². The second kappa shape index (κ2) is 5.07. The first-order valence-electron chi connectivity index (χ1n) is 1.90. The van der Waals surface area contributed by atoms with Crippen LogP contribution >= 0.6 is 0 Å². The summed E-state index contributed by atoms with van der Waals surface area (Å²) >= 11 is 0.